The Balaban J connectivity index is 0.000000164. The molecule has 0 aromatic carbocycles. The topological polar surface area (TPSA) is 0 Å². The van der Waals surface area contributed by atoms with Gasteiger partial charge in [0.1, 0.15) is 0 Å². The predicted molar refractivity (Wildman–Crippen MR) is 398 cm³/mol. The van der Waals surface area contributed by atoms with Crippen LogP contribution >= 0.6 is 63.4 Å². The summed E-state index contributed by atoms with van der Waals surface area (Å²) in [6.07, 6.45) is 51.7. The number of hydrogen-bond acceptors (Lipinski definition) is 0. The molecule has 16 fully saturated rings. The van der Waals surface area contributed by atoms with Crippen LogP contribution < -0.4 is 0 Å². The summed E-state index contributed by atoms with van der Waals surface area (Å²) in [5.41, 5.74) is 0. The minimum Gasteiger partial charge on any atom is -0.104 e. The molecule has 0 aromatic rings. The molecule has 8 heteroatoms. The van der Waals surface area contributed by atoms with E-state index in [0.717, 1.165) is 91.6 Å². The van der Waals surface area contributed by atoms with E-state index in [9.17, 15) is 0 Å². The second-order valence-electron chi connectivity index (χ2n) is 36.6. The van der Waals surface area contributed by atoms with Gasteiger partial charge in [-0.25, -0.2) is 0 Å². The van der Waals surface area contributed by atoms with Crippen LogP contribution in [0, 0.1) is 71.0 Å². The van der Waals surface area contributed by atoms with Gasteiger partial charge in [-0.3, -0.25) is 0 Å². The van der Waals surface area contributed by atoms with Gasteiger partial charge in [0, 0.05) is 0 Å². The summed E-state index contributed by atoms with van der Waals surface area (Å²) in [7, 11) is 2.01. The second-order valence-corrected chi connectivity index (χ2v) is 60.5. The van der Waals surface area contributed by atoms with Gasteiger partial charge in [-0.15, -0.1) is 63.4 Å². The highest BCUT2D eigenvalue weighted by molar-refractivity contribution is 7.64. The fourth-order valence-corrected chi connectivity index (χ4v) is 42.6. The Kier molecular flexibility index (Phi) is 25.4. The smallest absolute Gasteiger partial charge is 0.00888 e. The van der Waals surface area contributed by atoms with Gasteiger partial charge in [-0.05, 0) is 369 Å². The number of hydrogen-bond donors (Lipinski definition) is 0. The lowest BCUT2D eigenvalue weighted by Gasteiger charge is -2.60. The van der Waals surface area contributed by atoms with Crippen LogP contribution in [0.2, 0.25) is 0 Å². The summed E-state index contributed by atoms with van der Waals surface area (Å²) < 4.78 is 0. The summed E-state index contributed by atoms with van der Waals surface area (Å²) in [5.74, 6) is 13.8. The molecular formula is C74H144P8. The molecular weight excluding hydrogens is 1140 g/mol. The van der Waals surface area contributed by atoms with E-state index in [1.54, 1.807) is 179 Å². The molecule has 0 saturated heterocycles. The molecule has 0 unspecified atom stereocenters. The fraction of sp³-hybridized carbons (Fsp3) is 1.00. The first kappa shape index (κ1) is 72.9. The van der Waals surface area contributed by atoms with E-state index < -0.39 is 0 Å². The quantitative estimate of drug-likeness (QED) is 0.135. The molecule has 0 N–H and O–H groups in total. The Labute approximate surface area is 526 Å². The van der Waals surface area contributed by atoms with E-state index in [0.29, 0.717) is 20.6 Å². The van der Waals surface area contributed by atoms with Crippen LogP contribution in [0.25, 0.3) is 0 Å². The third-order valence-corrected chi connectivity index (χ3v) is 53.3. The normalized spacial score (nSPS) is 41.7. The Hall–Kier alpha value is 3.44. The summed E-state index contributed by atoms with van der Waals surface area (Å²) in [5, 5.41) is 5.63. The van der Waals surface area contributed by atoms with Crippen molar-refractivity contribution in [2.75, 3.05) is 103 Å². The van der Waals surface area contributed by atoms with Crippen molar-refractivity contribution in [1.82, 2.24) is 0 Å². The van der Waals surface area contributed by atoms with E-state index in [1.807, 2.05) is 0 Å². The first-order chi connectivity index (χ1) is 37.1. The molecule has 16 aliphatic carbocycles. The van der Waals surface area contributed by atoms with Crippen LogP contribution in [0.3, 0.4) is 0 Å². The molecule has 0 spiro atoms. The standard InChI is InChI=1S/2C24H40P2.2C12H28P2.2CH4/c2*1-25(23-11-17-5-18(12-23)7-19(6-17)13-23)3-4-26(2)24-14-20-8-21(15-24)10-22(9-20)16-24;2*1-11(2,3)13(7)9-10-14(8)12(4,5)6;;/h2*17-22H,3-16H2,1-2H3;2*9-10H2,1-8H3;2*1H4/t2*17?,18?,19?,20?,21?,22?,23?,24?,25-,26-;2*13-,14-;;/m1010../s1. The van der Waals surface area contributed by atoms with Gasteiger partial charge in [0.15, 0.2) is 0 Å². The molecule has 0 heterocycles. The van der Waals surface area contributed by atoms with Gasteiger partial charge in [-0.2, -0.15) is 0 Å². The minimum atomic E-state index is 0. The molecule has 0 nitrogen and oxygen atoms in total. The van der Waals surface area contributed by atoms with Gasteiger partial charge >= 0.3 is 0 Å². The molecule has 16 bridgehead atoms. The van der Waals surface area contributed by atoms with Crippen molar-refractivity contribution in [2.45, 2.75) is 293 Å². The molecule has 0 aromatic heterocycles. The highest BCUT2D eigenvalue weighted by Gasteiger charge is 2.57. The molecule has 8 atom stereocenters. The zero-order chi connectivity index (χ0) is 58.2. The van der Waals surface area contributed by atoms with Gasteiger partial charge in [0.2, 0.25) is 0 Å². The first-order valence-electron chi connectivity index (χ1n) is 34.8. The SMILES string of the molecule is C.C.C[P@@](CC[P@](C)C(C)(C)C)C(C)(C)C.C[P@@](CC[P@](C)C12CC3CC(CC(C3)C1)C2)C12CC3CC(CC(C3)C1)C2.C[P@](CC[P@@](C)C(C)(C)C)C(C)(C)C.C[P@](CC[P@@](C)C12CC3CC(CC(C3)C1)C2)C12CC3CC(CC(C3)C1)C2. The third-order valence-electron chi connectivity index (χ3n) is 26.9. The van der Waals surface area contributed by atoms with Crippen molar-refractivity contribution in [3.8, 4) is 0 Å². The lowest BCUT2D eigenvalue weighted by atomic mass is 9.56. The van der Waals surface area contributed by atoms with Crippen LogP contribution in [0.1, 0.15) is 252 Å². The van der Waals surface area contributed by atoms with Crippen LogP contribution in [0.4, 0.5) is 0 Å². The Bertz CT molecular complexity index is 1560. The van der Waals surface area contributed by atoms with Crippen molar-refractivity contribution >= 4 is 63.4 Å². The maximum Gasteiger partial charge on any atom is -0.00888 e. The maximum absolute atomic E-state index is 2.76. The molecule has 0 aliphatic heterocycles. The maximum atomic E-state index is 2.76. The Morgan fingerprint density at radius 1 is 0.220 bits per heavy atom. The van der Waals surface area contributed by atoms with Crippen molar-refractivity contribution in [3.05, 3.63) is 0 Å². The van der Waals surface area contributed by atoms with E-state index >= 15 is 0 Å². The molecule has 0 radical (unpaired) electrons. The van der Waals surface area contributed by atoms with Crippen molar-refractivity contribution in [3.63, 3.8) is 0 Å². The minimum absolute atomic E-state index is 0. The van der Waals surface area contributed by atoms with Crippen LogP contribution in [-0.4, -0.2) is 144 Å². The van der Waals surface area contributed by atoms with Gasteiger partial charge in [0.25, 0.3) is 0 Å². The molecule has 480 valence electrons. The average molecular weight is 1280 g/mol. The van der Waals surface area contributed by atoms with Crippen molar-refractivity contribution in [1.29, 1.82) is 0 Å². The zero-order valence-electron chi connectivity index (χ0n) is 57.1. The molecule has 16 rings (SSSR count). The summed E-state index contributed by atoms with van der Waals surface area (Å²) in [6.45, 7) is 49.5. The van der Waals surface area contributed by atoms with Crippen LogP contribution in [0.15, 0.2) is 0 Å². The second kappa shape index (κ2) is 28.6. The van der Waals surface area contributed by atoms with Gasteiger partial charge in [0.05, 0.1) is 0 Å². The van der Waals surface area contributed by atoms with Crippen LogP contribution in [0.5, 0.6) is 0 Å². The molecule has 16 aliphatic rings. The van der Waals surface area contributed by atoms with E-state index in [1.165, 1.54) is 24.6 Å². The van der Waals surface area contributed by atoms with E-state index in [2.05, 4.69) is 136 Å². The Morgan fingerprint density at radius 3 is 0.427 bits per heavy atom. The highest BCUT2D eigenvalue weighted by atomic mass is 31.1. The lowest BCUT2D eigenvalue weighted by molar-refractivity contribution is 0.0352. The predicted octanol–water partition coefficient (Wildman–Crippen LogP) is 25.2. The largest absolute Gasteiger partial charge is 0.104 e. The third kappa shape index (κ3) is 17.6. The summed E-state index contributed by atoms with van der Waals surface area (Å²) in [4.78, 5) is 0. The van der Waals surface area contributed by atoms with Gasteiger partial charge < -0.3 is 0 Å². The van der Waals surface area contributed by atoms with Crippen molar-refractivity contribution in [2.24, 2.45) is 71.0 Å². The summed E-state index contributed by atoms with van der Waals surface area (Å²) in [6, 6.07) is 0. The van der Waals surface area contributed by atoms with E-state index in [-0.39, 0.29) is 78.2 Å². The monoisotopic (exact) mass is 1280 g/mol. The zero-order valence-corrected chi connectivity index (χ0v) is 64.3. The summed E-state index contributed by atoms with van der Waals surface area (Å²) >= 11 is 0. The average Bonchev–Trinajstić information content (AvgIpc) is 3.34. The Morgan fingerprint density at radius 2 is 0.329 bits per heavy atom. The first-order valence-corrected chi connectivity index (χ1v) is 50.6. The molecule has 0 amide bonds. The van der Waals surface area contributed by atoms with E-state index in [4.69, 9.17) is 0 Å². The fourth-order valence-electron chi connectivity index (χ4n) is 21.6. The molecule has 82 heavy (non-hydrogen) atoms. The van der Waals surface area contributed by atoms with Crippen LogP contribution in [-0.2, 0) is 0 Å². The number of rotatable bonds is 16. The van der Waals surface area contributed by atoms with Crippen molar-refractivity contribution < 1.29 is 0 Å². The lowest BCUT2D eigenvalue weighted by Crippen LogP contribution is -2.50. The highest BCUT2D eigenvalue weighted by Crippen LogP contribution is 2.73. The van der Waals surface area contributed by atoms with Gasteiger partial charge in [-0.1, -0.05) is 97.9 Å². The molecule has 16 saturated carbocycles.